The van der Waals surface area contributed by atoms with E-state index in [-0.39, 0.29) is 11.7 Å². The third-order valence-electron chi connectivity index (χ3n) is 4.91. The van der Waals surface area contributed by atoms with E-state index in [1.165, 1.54) is 35.8 Å². The highest BCUT2D eigenvalue weighted by atomic mass is 32.1. The second kappa shape index (κ2) is 8.49. The lowest BCUT2D eigenvalue weighted by atomic mass is 10.1. The summed E-state index contributed by atoms with van der Waals surface area (Å²) in [7, 11) is 1.42. The number of fused-ring (bicyclic) bond motifs is 1. The lowest BCUT2D eigenvalue weighted by molar-refractivity contribution is -0.111. The van der Waals surface area contributed by atoms with E-state index in [0.717, 1.165) is 30.9 Å². The molecule has 0 bridgehead atoms. The molecular weight excluding hydrogens is 387 g/mol. The number of thiophene rings is 1. The molecule has 1 N–H and O–H groups in total. The Morgan fingerprint density at radius 3 is 2.93 bits per heavy atom. The molecule has 2 aromatic carbocycles. The third-order valence-corrected chi connectivity index (χ3v) is 5.94. The van der Waals surface area contributed by atoms with Gasteiger partial charge in [-0.25, -0.2) is 4.39 Å². The van der Waals surface area contributed by atoms with Gasteiger partial charge in [0, 0.05) is 24.0 Å². The van der Waals surface area contributed by atoms with Gasteiger partial charge in [0.15, 0.2) is 11.6 Å². The van der Waals surface area contributed by atoms with E-state index >= 15 is 0 Å². The molecule has 148 valence electrons. The Kier molecular flexibility index (Phi) is 5.62. The maximum Gasteiger partial charge on any atom is 0.248 e. The van der Waals surface area contributed by atoms with Gasteiger partial charge in [0.25, 0.3) is 0 Å². The summed E-state index contributed by atoms with van der Waals surface area (Å²) in [4.78, 5) is 16.2. The van der Waals surface area contributed by atoms with Gasteiger partial charge in [-0.1, -0.05) is 18.2 Å². The average Bonchev–Trinajstić information content (AvgIpc) is 3.20. The molecule has 1 aromatic heterocycles. The first-order chi connectivity index (χ1) is 14.1. The van der Waals surface area contributed by atoms with Crippen molar-refractivity contribution in [2.45, 2.75) is 13.0 Å². The molecule has 0 fully saturated rings. The number of methoxy groups -OCH3 is 1. The van der Waals surface area contributed by atoms with E-state index in [0.29, 0.717) is 5.56 Å². The standard InChI is InChI=1S/C23H21FN2O2S/c1-28-21-8-6-16(14-18(21)24)7-9-23(27)25-19-4-2-3-5-20(19)26-12-10-22-17(15-26)11-13-29-22/h2-9,11,13-14H,10,12,15H2,1H3,(H,25,27). The van der Waals surface area contributed by atoms with Crippen molar-refractivity contribution in [2.24, 2.45) is 0 Å². The first-order valence-electron chi connectivity index (χ1n) is 9.36. The average molecular weight is 408 g/mol. The van der Waals surface area contributed by atoms with Crippen molar-refractivity contribution in [1.29, 1.82) is 0 Å². The minimum absolute atomic E-state index is 0.177. The maximum absolute atomic E-state index is 13.8. The van der Waals surface area contributed by atoms with Crippen molar-refractivity contribution in [1.82, 2.24) is 0 Å². The van der Waals surface area contributed by atoms with Crippen LogP contribution in [0.4, 0.5) is 15.8 Å². The number of anilines is 2. The number of hydrogen-bond acceptors (Lipinski definition) is 4. The molecule has 1 aliphatic rings. The van der Waals surface area contributed by atoms with Gasteiger partial charge in [0.05, 0.1) is 18.5 Å². The first-order valence-corrected chi connectivity index (χ1v) is 10.2. The summed E-state index contributed by atoms with van der Waals surface area (Å²) in [5.41, 5.74) is 3.71. The molecule has 3 aromatic rings. The van der Waals surface area contributed by atoms with Crippen LogP contribution in [-0.4, -0.2) is 19.6 Å². The van der Waals surface area contributed by atoms with Gasteiger partial charge in [-0.3, -0.25) is 4.79 Å². The number of rotatable bonds is 5. The van der Waals surface area contributed by atoms with Crippen LogP contribution in [0, 0.1) is 5.82 Å². The van der Waals surface area contributed by atoms with Crippen molar-refractivity contribution < 1.29 is 13.9 Å². The molecule has 1 aliphatic heterocycles. The Balaban J connectivity index is 1.47. The summed E-state index contributed by atoms with van der Waals surface area (Å²) in [6, 6.07) is 14.6. The van der Waals surface area contributed by atoms with Crippen molar-refractivity contribution in [3.63, 3.8) is 0 Å². The largest absolute Gasteiger partial charge is 0.494 e. The quantitative estimate of drug-likeness (QED) is 0.597. The zero-order valence-electron chi connectivity index (χ0n) is 16.0. The molecule has 0 aliphatic carbocycles. The summed E-state index contributed by atoms with van der Waals surface area (Å²) >= 11 is 1.81. The number of amides is 1. The summed E-state index contributed by atoms with van der Waals surface area (Å²) in [6.45, 7) is 1.76. The van der Waals surface area contributed by atoms with Gasteiger partial charge in [-0.05, 0) is 59.3 Å². The molecule has 0 spiro atoms. The molecule has 0 atom stereocenters. The van der Waals surface area contributed by atoms with Gasteiger partial charge >= 0.3 is 0 Å². The van der Waals surface area contributed by atoms with E-state index in [2.05, 4.69) is 21.7 Å². The number of hydrogen-bond donors (Lipinski definition) is 1. The molecule has 0 saturated carbocycles. The Morgan fingerprint density at radius 2 is 2.10 bits per heavy atom. The van der Waals surface area contributed by atoms with Crippen LogP contribution >= 0.6 is 11.3 Å². The molecule has 6 heteroatoms. The maximum atomic E-state index is 13.8. The molecule has 2 heterocycles. The second-order valence-electron chi connectivity index (χ2n) is 6.77. The minimum Gasteiger partial charge on any atom is -0.494 e. The van der Waals surface area contributed by atoms with Crippen molar-refractivity contribution >= 4 is 34.7 Å². The molecule has 0 unspecified atom stereocenters. The third kappa shape index (κ3) is 4.32. The topological polar surface area (TPSA) is 41.6 Å². The molecule has 1 amide bonds. The zero-order chi connectivity index (χ0) is 20.2. The predicted molar refractivity (Wildman–Crippen MR) is 116 cm³/mol. The number of nitrogens with zero attached hydrogens (tertiary/aromatic N) is 1. The molecule has 29 heavy (non-hydrogen) atoms. The summed E-state index contributed by atoms with van der Waals surface area (Å²) < 4.78 is 18.7. The van der Waals surface area contributed by atoms with Gasteiger partial charge < -0.3 is 15.0 Å². The molecule has 4 rings (SSSR count). The number of ether oxygens (including phenoxy) is 1. The highest BCUT2D eigenvalue weighted by Crippen LogP contribution is 2.32. The molecular formula is C23H21FN2O2S. The van der Waals surface area contributed by atoms with E-state index in [1.54, 1.807) is 23.5 Å². The van der Waals surface area contributed by atoms with Crippen molar-refractivity contribution in [3.05, 3.63) is 81.8 Å². The van der Waals surface area contributed by atoms with Crippen LogP contribution in [-0.2, 0) is 17.8 Å². The SMILES string of the molecule is COc1ccc(C=CC(=O)Nc2ccccc2N2CCc3sccc3C2)cc1F. The van der Waals surface area contributed by atoms with Crippen LogP contribution in [0.5, 0.6) is 5.75 Å². The van der Waals surface area contributed by atoms with Crippen LogP contribution in [0.2, 0.25) is 0 Å². The number of nitrogens with one attached hydrogen (secondary N) is 1. The van der Waals surface area contributed by atoms with Crippen LogP contribution in [0.3, 0.4) is 0 Å². The van der Waals surface area contributed by atoms with Crippen LogP contribution in [0.25, 0.3) is 6.08 Å². The first kappa shape index (κ1) is 19.2. The number of carbonyl (C=O) groups excluding carboxylic acids is 1. The fourth-order valence-corrected chi connectivity index (χ4v) is 4.33. The lowest BCUT2D eigenvalue weighted by Crippen LogP contribution is -2.30. The number of para-hydroxylation sites is 2. The van der Waals surface area contributed by atoms with Gasteiger partial charge in [0.1, 0.15) is 0 Å². The van der Waals surface area contributed by atoms with Gasteiger partial charge in [-0.15, -0.1) is 11.3 Å². The number of halogens is 1. The monoisotopic (exact) mass is 408 g/mol. The highest BCUT2D eigenvalue weighted by molar-refractivity contribution is 7.10. The van der Waals surface area contributed by atoms with Crippen molar-refractivity contribution in [3.8, 4) is 5.75 Å². The molecule has 4 nitrogen and oxygen atoms in total. The summed E-state index contributed by atoms with van der Waals surface area (Å²) in [5, 5.41) is 5.08. The fourth-order valence-electron chi connectivity index (χ4n) is 3.44. The Morgan fingerprint density at radius 1 is 1.24 bits per heavy atom. The van der Waals surface area contributed by atoms with E-state index in [1.807, 2.05) is 24.3 Å². The summed E-state index contributed by atoms with van der Waals surface area (Å²) in [5.74, 6) is -0.545. The van der Waals surface area contributed by atoms with Crippen LogP contribution in [0.1, 0.15) is 16.0 Å². The molecule has 0 saturated heterocycles. The number of carbonyl (C=O) groups is 1. The Hall–Kier alpha value is -3.12. The molecule has 0 radical (unpaired) electrons. The lowest BCUT2D eigenvalue weighted by Gasteiger charge is -2.30. The smallest absolute Gasteiger partial charge is 0.248 e. The normalized spacial score (nSPS) is 13.4. The fraction of sp³-hybridized carbons (Fsp3) is 0.174. The second-order valence-corrected chi connectivity index (χ2v) is 7.77. The van der Waals surface area contributed by atoms with Crippen LogP contribution in [0.15, 0.2) is 60.0 Å². The van der Waals surface area contributed by atoms with Crippen LogP contribution < -0.4 is 15.0 Å². The van der Waals surface area contributed by atoms with E-state index < -0.39 is 5.82 Å². The van der Waals surface area contributed by atoms with Crippen molar-refractivity contribution in [2.75, 3.05) is 23.9 Å². The Labute approximate surface area is 173 Å². The van der Waals surface area contributed by atoms with E-state index in [9.17, 15) is 9.18 Å². The Bertz CT molecular complexity index is 1060. The minimum atomic E-state index is -0.460. The highest BCUT2D eigenvalue weighted by Gasteiger charge is 2.19. The zero-order valence-corrected chi connectivity index (χ0v) is 16.8. The van der Waals surface area contributed by atoms with E-state index in [4.69, 9.17) is 4.74 Å². The van der Waals surface area contributed by atoms with Gasteiger partial charge in [0.2, 0.25) is 5.91 Å². The predicted octanol–water partition coefficient (Wildman–Crippen LogP) is 5.11. The van der Waals surface area contributed by atoms with Gasteiger partial charge in [-0.2, -0.15) is 0 Å². The summed E-state index contributed by atoms with van der Waals surface area (Å²) in [6.07, 6.45) is 4.00. The number of benzene rings is 2.